The fourth-order valence-electron chi connectivity index (χ4n) is 1.69. The van der Waals surface area contributed by atoms with Gasteiger partial charge in [0.1, 0.15) is 0 Å². The van der Waals surface area contributed by atoms with Crippen molar-refractivity contribution in [2.45, 2.75) is 26.3 Å². The Morgan fingerprint density at radius 3 is 2.71 bits per heavy atom. The molecule has 0 atom stereocenters. The maximum Gasteiger partial charge on any atom is 0.319 e. The van der Waals surface area contributed by atoms with Gasteiger partial charge in [0.25, 0.3) is 5.91 Å². The molecule has 0 aromatic heterocycles. The summed E-state index contributed by atoms with van der Waals surface area (Å²) in [5, 5.41) is 8.22. The number of anilines is 1. The average molecular weight is 293 g/mol. The molecular weight excluding hydrogens is 270 g/mol. The predicted octanol–water partition coefficient (Wildman–Crippen LogP) is 1.98. The Hall–Kier alpha value is -2.08. The van der Waals surface area contributed by atoms with Gasteiger partial charge in [-0.2, -0.15) is 0 Å². The Bertz CT molecular complexity index is 475. The van der Waals surface area contributed by atoms with Crippen molar-refractivity contribution < 1.29 is 14.3 Å². The van der Waals surface area contributed by atoms with Crippen LogP contribution in [-0.2, 0) is 4.74 Å². The first-order chi connectivity index (χ1) is 10.0. The first-order valence-electron chi connectivity index (χ1n) is 6.97. The first kappa shape index (κ1) is 17.0. The SMILES string of the molecule is COCCCNC(=O)c1cccc(NC(=O)NC(C)C)c1. The van der Waals surface area contributed by atoms with Crippen molar-refractivity contribution in [1.29, 1.82) is 0 Å². The highest BCUT2D eigenvalue weighted by molar-refractivity contribution is 5.96. The molecule has 0 saturated carbocycles. The minimum Gasteiger partial charge on any atom is -0.385 e. The third-order valence-corrected chi connectivity index (χ3v) is 2.61. The molecule has 0 heterocycles. The van der Waals surface area contributed by atoms with E-state index in [0.29, 0.717) is 24.4 Å². The molecule has 0 fully saturated rings. The summed E-state index contributed by atoms with van der Waals surface area (Å²) in [6.07, 6.45) is 0.761. The van der Waals surface area contributed by atoms with Crippen LogP contribution in [-0.4, -0.2) is 38.2 Å². The van der Waals surface area contributed by atoms with E-state index in [9.17, 15) is 9.59 Å². The molecule has 0 aliphatic rings. The Morgan fingerprint density at radius 1 is 1.29 bits per heavy atom. The topological polar surface area (TPSA) is 79.5 Å². The Morgan fingerprint density at radius 2 is 2.05 bits per heavy atom. The van der Waals surface area contributed by atoms with Crippen molar-refractivity contribution in [1.82, 2.24) is 10.6 Å². The fraction of sp³-hybridized carbons (Fsp3) is 0.467. The third-order valence-electron chi connectivity index (χ3n) is 2.61. The molecule has 0 saturated heterocycles. The van der Waals surface area contributed by atoms with E-state index in [1.54, 1.807) is 31.4 Å². The van der Waals surface area contributed by atoms with Gasteiger partial charge >= 0.3 is 6.03 Å². The zero-order valence-electron chi connectivity index (χ0n) is 12.7. The van der Waals surface area contributed by atoms with Crippen LogP contribution in [0, 0.1) is 0 Å². The molecule has 21 heavy (non-hydrogen) atoms. The predicted molar refractivity (Wildman–Crippen MR) is 82.6 cm³/mol. The number of carbonyl (C=O) groups is 2. The number of methoxy groups -OCH3 is 1. The summed E-state index contributed by atoms with van der Waals surface area (Å²) in [6.45, 7) is 4.92. The molecule has 1 rings (SSSR count). The summed E-state index contributed by atoms with van der Waals surface area (Å²) >= 11 is 0. The molecule has 0 bridgehead atoms. The molecule has 6 heteroatoms. The van der Waals surface area contributed by atoms with E-state index >= 15 is 0 Å². The highest BCUT2D eigenvalue weighted by Gasteiger charge is 2.07. The zero-order valence-corrected chi connectivity index (χ0v) is 12.7. The number of carbonyl (C=O) groups excluding carboxylic acids is 2. The van der Waals surface area contributed by atoms with Gasteiger partial charge in [-0.3, -0.25) is 4.79 Å². The second-order valence-corrected chi connectivity index (χ2v) is 4.94. The highest BCUT2D eigenvalue weighted by Crippen LogP contribution is 2.10. The van der Waals surface area contributed by atoms with Crippen molar-refractivity contribution in [2.24, 2.45) is 0 Å². The van der Waals surface area contributed by atoms with Crippen molar-refractivity contribution in [3.63, 3.8) is 0 Å². The fourth-order valence-corrected chi connectivity index (χ4v) is 1.69. The number of hydrogen-bond acceptors (Lipinski definition) is 3. The van der Waals surface area contributed by atoms with Crippen LogP contribution >= 0.6 is 0 Å². The molecule has 6 nitrogen and oxygen atoms in total. The number of rotatable bonds is 7. The highest BCUT2D eigenvalue weighted by atomic mass is 16.5. The van der Waals surface area contributed by atoms with Crippen LogP contribution in [0.3, 0.4) is 0 Å². The Balaban J connectivity index is 2.55. The maximum absolute atomic E-state index is 11.9. The van der Waals surface area contributed by atoms with Crippen LogP contribution in [0.5, 0.6) is 0 Å². The molecule has 1 aromatic carbocycles. The van der Waals surface area contributed by atoms with Gasteiger partial charge in [-0.15, -0.1) is 0 Å². The van der Waals surface area contributed by atoms with Gasteiger partial charge in [-0.1, -0.05) is 6.07 Å². The molecule has 0 unspecified atom stereocenters. The van der Waals surface area contributed by atoms with Crippen LogP contribution in [0.25, 0.3) is 0 Å². The number of nitrogens with one attached hydrogen (secondary N) is 3. The van der Waals surface area contributed by atoms with Crippen molar-refractivity contribution in [3.8, 4) is 0 Å². The summed E-state index contributed by atoms with van der Waals surface area (Å²) in [5.74, 6) is -0.168. The summed E-state index contributed by atoms with van der Waals surface area (Å²) in [7, 11) is 1.62. The van der Waals surface area contributed by atoms with Gasteiger partial charge < -0.3 is 20.7 Å². The van der Waals surface area contributed by atoms with Gasteiger partial charge in [0, 0.05) is 37.6 Å². The molecule has 0 aliphatic carbocycles. The van der Waals surface area contributed by atoms with E-state index in [1.165, 1.54) is 0 Å². The standard InChI is InChI=1S/C15H23N3O3/c1-11(2)17-15(20)18-13-7-4-6-12(10-13)14(19)16-8-5-9-21-3/h4,6-7,10-11H,5,8-9H2,1-3H3,(H,16,19)(H2,17,18,20). The second-order valence-electron chi connectivity index (χ2n) is 4.94. The monoisotopic (exact) mass is 293 g/mol. The second kappa shape index (κ2) is 8.97. The van der Waals surface area contributed by atoms with Gasteiger partial charge in [0.2, 0.25) is 0 Å². The summed E-state index contributed by atoms with van der Waals surface area (Å²) in [4.78, 5) is 23.6. The summed E-state index contributed by atoms with van der Waals surface area (Å²) < 4.78 is 4.92. The first-order valence-corrected chi connectivity index (χ1v) is 6.97. The molecule has 1 aromatic rings. The van der Waals surface area contributed by atoms with Gasteiger partial charge in [0.15, 0.2) is 0 Å². The van der Waals surface area contributed by atoms with Crippen LogP contribution in [0.15, 0.2) is 24.3 Å². The summed E-state index contributed by atoms with van der Waals surface area (Å²) in [6, 6.07) is 6.58. The molecule has 0 radical (unpaired) electrons. The van der Waals surface area contributed by atoms with Crippen molar-refractivity contribution in [3.05, 3.63) is 29.8 Å². The lowest BCUT2D eigenvalue weighted by atomic mass is 10.2. The molecule has 0 spiro atoms. The minimum atomic E-state index is -0.289. The van der Waals surface area contributed by atoms with E-state index in [-0.39, 0.29) is 18.0 Å². The maximum atomic E-state index is 11.9. The normalized spacial score (nSPS) is 10.3. The van der Waals surface area contributed by atoms with Gasteiger partial charge in [0.05, 0.1) is 0 Å². The molecule has 3 N–H and O–H groups in total. The quantitative estimate of drug-likeness (QED) is 0.673. The Kier molecular flexibility index (Phi) is 7.25. The smallest absolute Gasteiger partial charge is 0.319 e. The Labute approximate surface area is 125 Å². The van der Waals surface area contributed by atoms with Crippen LogP contribution in [0.4, 0.5) is 10.5 Å². The van der Waals surface area contributed by atoms with Crippen LogP contribution < -0.4 is 16.0 Å². The average Bonchev–Trinajstić information content (AvgIpc) is 2.42. The number of ether oxygens (including phenoxy) is 1. The lowest BCUT2D eigenvalue weighted by Gasteiger charge is -2.11. The van der Waals surface area contributed by atoms with Crippen molar-refractivity contribution >= 4 is 17.6 Å². The van der Waals surface area contributed by atoms with Crippen LogP contribution in [0.2, 0.25) is 0 Å². The van der Waals surface area contributed by atoms with Gasteiger partial charge in [-0.25, -0.2) is 4.79 Å². The minimum absolute atomic E-state index is 0.0530. The number of benzene rings is 1. The van der Waals surface area contributed by atoms with Crippen LogP contribution in [0.1, 0.15) is 30.6 Å². The molecular formula is C15H23N3O3. The van der Waals surface area contributed by atoms with Crippen molar-refractivity contribution in [2.75, 3.05) is 25.6 Å². The van der Waals surface area contributed by atoms with E-state index in [1.807, 2.05) is 13.8 Å². The molecule has 0 aliphatic heterocycles. The number of urea groups is 1. The molecule has 3 amide bonds. The summed E-state index contributed by atoms with van der Waals surface area (Å²) in [5.41, 5.74) is 1.09. The van der Waals surface area contributed by atoms with E-state index in [0.717, 1.165) is 6.42 Å². The molecule has 116 valence electrons. The van der Waals surface area contributed by atoms with E-state index in [4.69, 9.17) is 4.74 Å². The van der Waals surface area contributed by atoms with E-state index < -0.39 is 0 Å². The lowest BCUT2D eigenvalue weighted by molar-refractivity contribution is 0.0948. The third kappa shape index (κ3) is 6.76. The zero-order chi connectivity index (χ0) is 15.7. The lowest BCUT2D eigenvalue weighted by Crippen LogP contribution is -2.34. The number of hydrogen-bond donors (Lipinski definition) is 3. The van der Waals surface area contributed by atoms with Gasteiger partial charge in [-0.05, 0) is 38.5 Å². The number of amides is 3. The van der Waals surface area contributed by atoms with E-state index in [2.05, 4.69) is 16.0 Å². The largest absolute Gasteiger partial charge is 0.385 e.